The minimum atomic E-state index is -0.870. The van der Waals surface area contributed by atoms with E-state index in [0.717, 1.165) is 0 Å². The summed E-state index contributed by atoms with van der Waals surface area (Å²) in [5.41, 5.74) is -0.385. The van der Waals surface area contributed by atoms with E-state index < -0.39 is 17.7 Å². The van der Waals surface area contributed by atoms with Gasteiger partial charge in [0.2, 0.25) is 0 Å². The van der Waals surface area contributed by atoms with E-state index in [-0.39, 0.29) is 11.5 Å². The number of carbonyl (C=O) groups excluding carboxylic acids is 1. The van der Waals surface area contributed by atoms with Gasteiger partial charge in [0.05, 0.1) is 17.7 Å². The van der Waals surface area contributed by atoms with Crippen LogP contribution in [0.2, 0.25) is 0 Å². The third-order valence-corrected chi connectivity index (χ3v) is 3.44. The van der Waals surface area contributed by atoms with Crippen molar-refractivity contribution in [1.82, 2.24) is 4.90 Å². The summed E-state index contributed by atoms with van der Waals surface area (Å²) in [5, 5.41) is 28.5. The first kappa shape index (κ1) is 17.6. The van der Waals surface area contributed by atoms with Gasteiger partial charge in [-0.1, -0.05) is 0 Å². The molecule has 3 N–H and O–H groups in total. The molecule has 1 aromatic carbocycles. The highest BCUT2D eigenvalue weighted by Crippen LogP contribution is 2.23. The van der Waals surface area contributed by atoms with Crippen LogP contribution in [0.1, 0.15) is 38.1 Å². The molecule has 2 unspecified atom stereocenters. The summed E-state index contributed by atoms with van der Waals surface area (Å²) >= 11 is 0. The summed E-state index contributed by atoms with van der Waals surface area (Å²) in [6.45, 7) is 7.43. The molecule has 0 bridgehead atoms. The number of aliphatic hydroxyl groups is 2. The van der Waals surface area contributed by atoms with E-state index in [9.17, 15) is 20.1 Å². The maximum Gasteiger partial charge on any atom is 0.182 e. The Hall–Kier alpha value is -1.43. The second-order valence-corrected chi connectivity index (χ2v) is 6.04. The number of hydrogen-bond donors (Lipinski definition) is 3. The van der Waals surface area contributed by atoms with Crippen LogP contribution in [0.5, 0.6) is 5.75 Å². The lowest BCUT2D eigenvalue weighted by Gasteiger charge is -2.38. The number of Topliss-reactive ketones (excluding diaryl/α,β-unsaturated/α-hetero) is 1. The van der Waals surface area contributed by atoms with E-state index in [1.165, 1.54) is 12.1 Å². The Labute approximate surface area is 125 Å². The molecule has 118 valence electrons. The van der Waals surface area contributed by atoms with Crippen molar-refractivity contribution in [1.29, 1.82) is 0 Å². The molecule has 0 aliphatic carbocycles. The molecule has 0 saturated carbocycles. The van der Waals surface area contributed by atoms with E-state index >= 15 is 0 Å². The zero-order chi connectivity index (χ0) is 16.2. The molecule has 0 amide bonds. The number of nitrogens with zero attached hydrogens (tertiary/aromatic N) is 1. The van der Waals surface area contributed by atoms with Gasteiger partial charge in [-0.3, -0.25) is 9.69 Å². The van der Waals surface area contributed by atoms with Crippen molar-refractivity contribution < 1.29 is 20.1 Å². The van der Waals surface area contributed by atoms with Crippen LogP contribution in [0.15, 0.2) is 24.3 Å². The molecular weight excluding hydrogens is 270 g/mol. The number of β-amino-alcohol motifs (C(OH)–C–C–N with tert-alkyl or cyclic N) is 2. The molecule has 0 heterocycles. The highest BCUT2D eigenvalue weighted by Gasteiger charge is 2.36. The molecule has 0 saturated heterocycles. The average Bonchev–Trinajstić information content (AvgIpc) is 2.37. The molecule has 5 nitrogen and oxygen atoms in total. The fourth-order valence-corrected chi connectivity index (χ4v) is 2.28. The van der Waals surface area contributed by atoms with Crippen molar-refractivity contribution >= 4 is 5.78 Å². The number of phenols is 1. The highest BCUT2D eigenvalue weighted by molar-refractivity contribution is 6.02. The van der Waals surface area contributed by atoms with E-state index in [1.54, 1.807) is 44.7 Å². The molecule has 1 rings (SSSR count). The van der Waals surface area contributed by atoms with Gasteiger partial charge in [0.15, 0.2) is 5.78 Å². The maximum absolute atomic E-state index is 12.7. The predicted molar refractivity (Wildman–Crippen MR) is 81.5 cm³/mol. The van der Waals surface area contributed by atoms with Crippen molar-refractivity contribution in [2.45, 2.75) is 45.4 Å². The monoisotopic (exact) mass is 295 g/mol. The molecule has 0 radical (unpaired) electrons. The van der Waals surface area contributed by atoms with Crippen molar-refractivity contribution in [2.75, 3.05) is 13.1 Å². The van der Waals surface area contributed by atoms with Crippen LogP contribution in [0.3, 0.4) is 0 Å². The van der Waals surface area contributed by atoms with Crippen molar-refractivity contribution in [3.05, 3.63) is 29.8 Å². The number of rotatable bonds is 7. The highest BCUT2D eigenvalue weighted by atomic mass is 16.3. The topological polar surface area (TPSA) is 81.0 Å². The minimum absolute atomic E-state index is 0.106. The van der Waals surface area contributed by atoms with Gasteiger partial charge in [0.1, 0.15) is 5.75 Å². The van der Waals surface area contributed by atoms with E-state index in [1.807, 2.05) is 0 Å². The zero-order valence-corrected chi connectivity index (χ0v) is 13.1. The van der Waals surface area contributed by atoms with Crippen LogP contribution in [0.4, 0.5) is 0 Å². The standard InChI is InChI=1S/C16H25NO4/c1-11(18)9-17(10-12(2)19)16(3,4)15(21)13-5-7-14(20)8-6-13/h5-8,11-12,18-20H,9-10H2,1-4H3. The molecule has 5 heteroatoms. The summed E-state index contributed by atoms with van der Waals surface area (Å²) in [6, 6.07) is 6.08. The van der Waals surface area contributed by atoms with Gasteiger partial charge >= 0.3 is 0 Å². The van der Waals surface area contributed by atoms with Gasteiger partial charge < -0.3 is 15.3 Å². The molecule has 0 fully saturated rings. The normalized spacial score (nSPS) is 15.0. The number of benzene rings is 1. The first-order valence-corrected chi connectivity index (χ1v) is 7.09. The number of ketones is 1. The first-order valence-electron chi connectivity index (χ1n) is 7.09. The molecule has 1 aromatic rings. The van der Waals surface area contributed by atoms with E-state index in [0.29, 0.717) is 18.7 Å². The maximum atomic E-state index is 12.7. The molecule has 21 heavy (non-hydrogen) atoms. The Morgan fingerprint density at radius 1 is 1.10 bits per heavy atom. The van der Waals surface area contributed by atoms with E-state index in [4.69, 9.17) is 0 Å². The third-order valence-electron chi connectivity index (χ3n) is 3.44. The van der Waals surface area contributed by atoms with Gasteiger partial charge in [0.25, 0.3) is 0 Å². The van der Waals surface area contributed by atoms with Gasteiger partial charge in [-0.2, -0.15) is 0 Å². The van der Waals surface area contributed by atoms with Crippen LogP contribution in [-0.2, 0) is 0 Å². The number of aliphatic hydroxyl groups excluding tert-OH is 2. The lowest BCUT2D eigenvalue weighted by Crippen LogP contribution is -2.54. The van der Waals surface area contributed by atoms with Crippen molar-refractivity contribution in [3.63, 3.8) is 0 Å². The Morgan fingerprint density at radius 3 is 1.90 bits per heavy atom. The summed E-state index contributed by atoms with van der Waals surface area (Å²) < 4.78 is 0. The Kier molecular flexibility index (Phi) is 5.89. The summed E-state index contributed by atoms with van der Waals surface area (Å²) in [5.74, 6) is -0.0158. The van der Waals surface area contributed by atoms with Crippen LogP contribution in [0.25, 0.3) is 0 Å². The number of phenolic OH excluding ortho intramolecular Hbond substituents is 1. The molecular formula is C16H25NO4. The fraction of sp³-hybridized carbons (Fsp3) is 0.562. The number of carbonyl (C=O) groups is 1. The summed E-state index contributed by atoms with van der Waals surface area (Å²) in [7, 11) is 0. The Morgan fingerprint density at radius 2 is 1.52 bits per heavy atom. The van der Waals surface area contributed by atoms with Gasteiger partial charge in [-0.05, 0) is 52.0 Å². The van der Waals surface area contributed by atoms with Crippen LogP contribution < -0.4 is 0 Å². The zero-order valence-electron chi connectivity index (χ0n) is 13.1. The van der Waals surface area contributed by atoms with Crippen LogP contribution >= 0.6 is 0 Å². The lowest BCUT2D eigenvalue weighted by molar-refractivity contribution is 0.0237. The molecule has 0 aromatic heterocycles. The fourth-order valence-electron chi connectivity index (χ4n) is 2.28. The summed E-state index contributed by atoms with van der Waals surface area (Å²) in [4.78, 5) is 14.5. The lowest BCUT2D eigenvalue weighted by atomic mass is 9.90. The predicted octanol–water partition coefficient (Wildman–Crippen LogP) is 1.42. The first-order chi connectivity index (χ1) is 9.64. The quantitative estimate of drug-likeness (QED) is 0.663. The van der Waals surface area contributed by atoms with Crippen molar-refractivity contribution in [3.8, 4) is 5.75 Å². The van der Waals surface area contributed by atoms with Gasteiger partial charge in [-0.25, -0.2) is 0 Å². The smallest absolute Gasteiger partial charge is 0.182 e. The van der Waals surface area contributed by atoms with Gasteiger partial charge in [0, 0.05) is 18.7 Å². The molecule has 0 aliphatic rings. The van der Waals surface area contributed by atoms with Gasteiger partial charge in [-0.15, -0.1) is 0 Å². The largest absolute Gasteiger partial charge is 0.508 e. The number of aromatic hydroxyl groups is 1. The van der Waals surface area contributed by atoms with Crippen LogP contribution in [-0.4, -0.2) is 56.8 Å². The average molecular weight is 295 g/mol. The van der Waals surface area contributed by atoms with E-state index in [2.05, 4.69) is 0 Å². The molecule has 2 atom stereocenters. The Balaban J connectivity index is 3.02. The second kappa shape index (κ2) is 7.02. The summed E-state index contributed by atoms with van der Waals surface area (Å²) in [6.07, 6.45) is -1.20. The molecule has 0 spiro atoms. The third kappa shape index (κ3) is 4.81. The van der Waals surface area contributed by atoms with Crippen LogP contribution in [0, 0.1) is 0 Å². The minimum Gasteiger partial charge on any atom is -0.508 e. The Bertz CT molecular complexity index is 456. The second-order valence-electron chi connectivity index (χ2n) is 6.04. The molecule has 0 aliphatic heterocycles. The SMILES string of the molecule is CC(O)CN(CC(C)O)C(C)(C)C(=O)c1ccc(O)cc1. The number of hydrogen-bond acceptors (Lipinski definition) is 5. The van der Waals surface area contributed by atoms with Crippen molar-refractivity contribution in [2.24, 2.45) is 0 Å².